The number of benzene rings is 3. The number of piperidine rings is 1. The number of nitrogens with one attached hydrogen (secondary N) is 1. The molecular formula is C25H22Br2N2O4S. The molecule has 1 fully saturated rings. The number of sulfonamides is 1. The van der Waals surface area contributed by atoms with E-state index < -0.39 is 27.9 Å². The first-order chi connectivity index (χ1) is 16.3. The van der Waals surface area contributed by atoms with Gasteiger partial charge < -0.3 is 4.90 Å². The van der Waals surface area contributed by atoms with Crippen LogP contribution in [0.15, 0.2) is 92.7 Å². The predicted octanol–water partition coefficient (Wildman–Crippen LogP) is 5.20. The van der Waals surface area contributed by atoms with Crippen LogP contribution in [0.4, 0.5) is 0 Å². The lowest BCUT2D eigenvalue weighted by atomic mass is 9.83. The van der Waals surface area contributed by atoms with Crippen molar-refractivity contribution in [1.29, 1.82) is 0 Å². The zero-order valence-corrected chi connectivity index (χ0v) is 22.0. The summed E-state index contributed by atoms with van der Waals surface area (Å²) in [5.74, 6) is -1.44. The van der Waals surface area contributed by atoms with Gasteiger partial charge >= 0.3 is 0 Å². The van der Waals surface area contributed by atoms with Crippen molar-refractivity contribution in [3.05, 3.63) is 98.9 Å². The first-order valence-corrected chi connectivity index (χ1v) is 13.7. The smallest absolute Gasteiger partial charge is 0.265 e. The summed E-state index contributed by atoms with van der Waals surface area (Å²) in [5.41, 5.74) is 1.72. The topological polar surface area (TPSA) is 83.5 Å². The van der Waals surface area contributed by atoms with Gasteiger partial charge in [-0.1, -0.05) is 76.6 Å². The maximum atomic E-state index is 13.4. The van der Waals surface area contributed by atoms with Crippen LogP contribution in [0, 0.1) is 5.92 Å². The highest BCUT2D eigenvalue weighted by molar-refractivity contribution is 9.11. The lowest BCUT2D eigenvalue weighted by Crippen LogP contribution is -2.48. The highest BCUT2D eigenvalue weighted by Gasteiger charge is 2.41. The maximum Gasteiger partial charge on any atom is 0.265 e. The zero-order valence-electron chi connectivity index (χ0n) is 18.0. The molecule has 0 aromatic heterocycles. The molecule has 0 saturated carbocycles. The molecule has 2 amide bonds. The van der Waals surface area contributed by atoms with Crippen LogP contribution in [0.3, 0.4) is 0 Å². The fourth-order valence-electron chi connectivity index (χ4n) is 4.20. The lowest BCUT2D eigenvalue weighted by Gasteiger charge is -2.41. The average molecular weight is 606 g/mol. The van der Waals surface area contributed by atoms with Crippen molar-refractivity contribution in [2.24, 2.45) is 5.92 Å². The normalized spacial score (nSPS) is 18.5. The number of hydrogen-bond acceptors (Lipinski definition) is 4. The second kappa shape index (κ2) is 10.4. The van der Waals surface area contributed by atoms with E-state index in [0.717, 1.165) is 11.1 Å². The van der Waals surface area contributed by atoms with Crippen LogP contribution < -0.4 is 4.72 Å². The van der Waals surface area contributed by atoms with Gasteiger partial charge in [0.1, 0.15) is 4.90 Å². The Kier molecular flexibility index (Phi) is 7.54. The minimum absolute atomic E-state index is 0.0421. The molecule has 1 aliphatic heterocycles. The third-order valence-corrected chi connectivity index (χ3v) is 8.63. The number of carbonyl (C=O) groups is 2. The molecule has 34 heavy (non-hydrogen) atoms. The molecule has 0 bridgehead atoms. The van der Waals surface area contributed by atoms with Crippen molar-refractivity contribution in [3.63, 3.8) is 0 Å². The van der Waals surface area contributed by atoms with Crippen LogP contribution >= 0.6 is 31.9 Å². The highest BCUT2D eigenvalue weighted by Crippen LogP contribution is 2.38. The van der Waals surface area contributed by atoms with Crippen LogP contribution in [0.25, 0.3) is 0 Å². The summed E-state index contributed by atoms with van der Waals surface area (Å²) in [5, 5.41) is 0. The number of hydrogen-bond donors (Lipinski definition) is 1. The Morgan fingerprint density at radius 1 is 0.971 bits per heavy atom. The molecule has 1 N–H and O–H groups in total. The minimum Gasteiger partial charge on any atom is -0.331 e. The van der Waals surface area contributed by atoms with Gasteiger partial charge in [-0.15, -0.1) is 0 Å². The third kappa shape index (κ3) is 5.42. The van der Waals surface area contributed by atoms with Crippen molar-refractivity contribution in [2.45, 2.75) is 30.3 Å². The molecule has 9 heteroatoms. The average Bonchev–Trinajstić information content (AvgIpc) is 2.82. The molecule has 2 atom stereocenters. The van der Waals surface area contributed by atoms with Gasteiger partial charge in [0.2, 0.25) is 11.8 Å². The number of nitrogens with zero attached hydrogens (tertiary/aromatic N) is 1. The quantitative estimate of drug-likeness (QED) is 0.419. The highest BCUT2D eigenvalue weighted by atomic mass is 79.9. The fraction of sp³-hybridized carbons (Fsp3) is 0.200. The molecule has 1 aliphatic rings. The Morgan fingerprint density at radius 3 is 2.29 bits per heavy atom. The van der Waals surface area contributed by atoms with Gasteiger partial charge in [0.15, 0.2) is 0 Å². The van der Waals surface area contributed by atoms with E-state index in [-0.39, 0.29) is 23.6 Å². The first kappa shape index (κ1) is 24.6. The molecule has 3 aromatic carbocycles. The molecule has 1 heterocycles. The van der Waals surface area contributed by atoms with Gasteiger partial charge in [0.25, 0.3) is 10.0 Å². The van der Waals surface area contributed by atoms with Crippen LogP contribution in [0.1, 0.15) is 30.0 Å². The SMILES string of the molecule is O=C(NS(=O)(=O)c1cc(Br)ccc1Br)C1CCC(=O)N(Cc2ccccc2)C1c1ccccc1. The van der Waals surface area contributed by atoms with E-state index in [4.69, 9.17) is 0 Å². The van der Waals surface area contributed by atoms with Gasteiger partial charge in [-0.2, -0.15) is 0 Å². The van der Waals surface area contributed by atoms with E-state index >= 15 is 0 Å². The van der Waals surface area contributed by atoms with Crippen LogP contribution in [0.5, 0.6) is 0 Å². The van der Waals surface area contributed by atoms with E-state index in [2.05, 4.69) is 36.6 Å². The first-order valence-electron chi connectivity index (χ1n) is 10.7. The standard InChI is InChI=1S/C25H22Br2N2O4S/c26-19-11-13-21(27)22(15-19)34(32,33)28-25(31)20-12-14-23(30)29(16-17-7-3-1-4-8-17)24(20)18-9-5-2-6-10-18/h1-11,13,15,20,24H,12,14,16H2,(H,28,31). The largest absolute Gasteiger partial charge is 0.331 e. The van der Waals surface area contributed by atoms with Crippen LogP contribution in [0.2, 0.25) is 0 Å². The molecule has 3 aromatic rings. The number of rotatable bonds is 6. The third-order valence-electron chi connectivity index (χ3n) is 5.80. The molecule has 0 aliphatic carbocycles. The molecule has 2 unspecified atom stereocenters. The van der Waals surface area contributed by atoms with Crippen molar-refractivity contribution in [3.8, 4) is 0 Å². The van der Waals surface area contributed by atoms with E-state index in [1.54, 1.807) is 17.0 Å². The number of carbonyl (C=O) groups excluding carboxylic acids is 2. The molecule has 4 rings (SSSR count). The van der Waals surface area contributed by atoms with E-state index in [9.17, 15) is 18.0 Å². The summed E-state index contributed by atoms with van der Waals surface area (Å²) in [7, 11) is -4.14. The number of amides is 2. The summed E-state index contributed by atoms with van der Waals surface area (Å²) < 4.78 is 29.3. The van der Waals surface area contributed by atoms with E-state index in [0.29, 0.717) is 15.5 Å². The molecule has 0 radical (unpaired) electrons. The van der Waals surface area contributed by atoms with Crippen molar-refractivity contribution < 1.29 is 18.0 Å². The Hall–Kier alpha value is -2.49. The summed E-state index contributed by atoms with van der Waals surface area (Å²) in [6, 6.07) is 23.0. The Balaban J connectivity index is 1.68. The summed E-state index contributed by atoms with van der Waals surface area (Å²) in [4.78, 5) is 28.1. The van der Waals surface area contributed by atoms with Gasteiger partial charge in [0, 0.05) is 21.9 Å². The lowest BCUT2D eigenvalue weighted by molar-refractivity contribution is -0.143. The van der Waals surface area contributed by atoms with Gasteiger partial charge in [0.05, 0.1) is 12.0 Å². The Bertz CT molecular complexity index is 1300. The Morgan fingerprint density at radius 2 is 1.62 bits per heavy atom. The van der Waals surface area contributed by atoms with Crippen LogP contribution in [-0.4, -0.2) is 25.1 Å². The van der Waals surface area contributed by atoms with Crippen LogP contribution in [-0.2, 0) is 26.2 Å². The second-order valence-electron chi connectivity index (χ2n) is 8.05. The van der Waals surface area contributed by atoms with Gasteiger partial charge in [-0.3, -0.25) is 9.59 Å². The molecule has 6 nitrogen and oxygen atoms in total. The van der Waals surface area contributed by atoms with Crippen molar-refractivity contribution in [1.82, 2.24) is 9.62 Å². The zero-order chi connectivity index (χ0) is 24.3. The molecular weight excluding hydrogens is 584 g/mol. The van der Waals surface area contributed by atoms with Crippen molar-refractivity contribution >= 4 is 53.7 Å². The Labute approximate surface area is 215 Å². The van der Waals surface area contributed by atoms with E-state index in [1.165, 1.54) is 6.07 Å². The fourth-order valence-corrected chi connectivity index (χ4v) is 6.73. The van der Waals surface area contributed by atoms with E-state index in [1.807, 2.05) is 60.7 Å². The summed E-state index contributed by atoms with van der Waals surface area (Å²) >= 11 is 6.53. The maximum absolute atomic E-state index is 13.4. The molecule has 176 valence electrons. The second-order valence-corrected chi connectivity index (χ2v) is 11.5. The molecule has 0 spiro atoms. The summed E-state index contributed by atoms with van der Waals surface area (Å²) in [6.45, 7) is 0.326. The summed E-state index contributed by atoms with van der Waals surface area (Å²) in [6.07, 6.45) is 0.416. The predicted molar refractivity (Wildman–Crippen MR) is 136 cm³/mol. The van der Waals surface area contributed by atoms with Gasteiger partial charge in [-0.05, 0) is 51.7 Å². The molecule has 1 saturated heterocycles. The minimum atomic E-state index is -4.14. The number of likely N-dealkylation sites (tertiary alicyclic amines) is 1. The monoisotopic (exact) mass is 604 g/mol. The van der Waals surface area contributed by atoms with Crippen molar-refractivity contribution in [2.75, 3.05) is 0 Å². The van der Waals surface area contributed by atoms with Gasteiger partial charge in [-0.25, -0.2) is 13.1 Å². The number of halogens is 2.